The van der Waals surface area contributed by atoms with Crippen LogP contribution in [0.5, 0.6) is 0 Å². The van der Waals surface area contributed by atoms with E-state index in [0.717, 1.165) is 40.0 Å². The Labute approximate surface area is 162 Å². The molecule has 1 N–H and O–H groups in total. The van der Waals surface area contributed by atoms with Gasteiger partial charge in [0.1, 0.15) is 11.5 Å². The van der Waals surface area contributed by atoms with Crippen molar-refractivity contribution in [1.29, 1.82) is 0 Å². The second-order valence-corrected chi connectivity index (χ2v) is 7.51. The number of hydrogen-bond donors (Lipinski definition) is 1. The lowest BCUT2D eigenvalue weighted by molar-refractivity contribution is 0.0987. The number of morpholine rings is 1. The van der Waals surface area contributed by atoms with Crippen LogP contribution in [0.3, 0.4) is 0 Å². The molecule has 0 aliphatic carbocycles. The third kappa shape index (κ3) is 2.63. The summed E-state index contributed by atoms with van der Waals surface area (Å²) in [6, 6.07) is 4.44. The topological polar surface area (TPSA) is 84.8 Å². The van der Waals surface area contributed by atoms with Crippen LogP contribution in [0.2, 0.25) is 0 Å². The average molecular weight is 377 g/mol. The van der Waals surface area contributed by atoms with Gasteiger partial charge in [0, 0.05) is 35.9 Å². The van der Waals surface area contributed by atoms with Crippen molar-refractivity contribution in [3.63, 3.8) is 0 Å². The molecule has 1 atom stereocenters. The number of aromatic nitrogens is 6. The Hall–Kier alpha value is -3.00. The zero-order valence-electron chi connectivity index (χ0n) is 16.3. The molecule has 8 nitrogen and oxygen atoms in total. The van der Waals surface area contributed by atoms with Crippen LogP contribution in [-0.2, 0) is 4.74 Å². The first-order valence-electron chi connectivity index (χ1n) is 9.65. The molecular weight excluding hydrogens is 354 g/mol. The molecule has 0 unspecified atom stereocenters. The van der Waals surface area contributed by atoms with Crippen LogP contribution in [0.1, 0.15) is 26.8 Å². The van der Waals surface area contributed by atoms with Crippen molar-refractivity contribution in [2.75, 3.05) is 24.7 Å². The van der Waals surface area contributed by atoms with E-state index < -0.39 is 0 Å². The number of hydrogen-bond acceptors (Lipinski definition) is 6. The number of rotatable bonds is 3. The van der Waals surface area contributed by atoms with Gasteiger partial charge in [0.25, 0.3) is 0 Å². The van der Waals surface area contributed by atoms with Gasteiger partial charge < -0.3 is 14.6 Å². The standard InChI is InChI=1S/C20H23N7O/c1-12(2)27-20-16(10-23-27)19(26-8-9-28-11-13(26)3)24-18(25-20)15-5-7-22-17-14(15)4-6-21-17/h4-7,10,12-13H,8-9,11H2,1-3H3,(H,21,22)/t13-/m1/s1. The van der Waals surface area contributed by atoms with Crippen LogP contribution < -0.4 is 4.90 Å². The molecule has 0 amide bonds. The Morgan fingerprint density at radius 3 is 2.93 bits per heavy atom. The molecular formula is C20H23N7O. The number of nitrogens with zero attached hydrogens (tertiary/aromatic N) is 6. The van der Waals surface area contributed by atoms with Crippen molar-refractivity contribution in [3.8, 4) is 11.4 Å². The van der Waals surface area contributed by atoms with Crippen molar-refractivity contribution < 1.29 is 4.74 Å². The summed E-state index contributed by atoms with van der Waals surface area (Å²) in [6.45, 7) is 8.58. The van der Waals surface area contributed by atoms with E-state index in [-0.39, 0.29) is 12.1 Å². The van der Waals surface area contributed by atoms with E-state index in [2.05, 4.69) is 40.7 Å². The number of fused-ring (bicyclic) bond motifs is 2. The van der Waals surface area contributed by atoms with Crippen molar-refractivity contribution in [3.05, 3.63) is 30.7 Å². The van der Waals surface area contributed by atoms with Crippen LogP contribution in [0, 0.1) is 0 Å². The molecule has 8 heteroatoms. The van der Waals surface area contributed by atoms with Crippen molar-refractivity contribution in [2.24, 2.45) is 0 Å². The summed E-state index contributed by atoms with van der Waals surface area (Å²) in [5, 5.41) is 6.59. The fraction of sp³-hybridized carbons (Fsp3) is 0.400. The van der Waals surface area contributed by atoms with E-state index >= 15 is 0 Å². The third-order valence-electron chi connectivity index (χ3n) is 5.26. The van der Waals surface area contributed by atoms with E-state index in [9.17, 15) is 0 Å². The summed E-state index contributed by atoms with van der Waals surface area (Å²) in [4.78, 5) is 19.8. The first-order chi connectivity index (χ1) is 13.6. The Morgan fingerprint density at radius 2 is 2.11 bits per heavy atom. The van der Waals surface area contributed by atoms with Gasteiger partial charge >= 0.3 is 0 Å². The van der Waals surface area contributed by atoms with E-state index in [4.69, 9.17) is 14.7 Å². The summed E-state index contributed by atoms with van der Waals surface area (Å²) < 4.78 is 7.60. The largest absolute Gasteiger partial charge is 0.377 e. The van der Waals surface area contributed by atoms with E-state index in [1.165, 1.54) is 0 Å². The maximum atomic E-state index is 5.63. The van der Waals surface area contributed by atoms with Gasteiger partial charge in [-0.2, -0.15) is 5.10 Å². The zero-order chi connectivity index (χ0) is 19.3. The molecule has 0 saturated carbocycles. The number of H-pyrrole nitrogens is 1. The van der Waals surface area contributed by atoms with Crippen molar-refractivity contribution in [1.82, 2.24) is 29.7 Å². The minimum Gasteiger partial charge on any atom is -0.377 e. The summed E-state index contributed by atoms with van der Waals surface area (Å²) >= 11 is 0. The molecule has 1 fully saturated rings. The minimum absolute atomic E-state index is 0.208. The SMILES string of the molecule is CC(C)n1ncc2c(N3CCOC[C@H]3C)nc(-c3ccnc4[nH]ccc34)nc21. The lowest BCUT2D eigenvalue weighted by Gasteiger charge is -2.34. The van der Waals surface area contributed by atoms with Crippen molar-refractivity contribution in [2.45, 2.75) is 32.9 Å². The van der Waals surface area contributed by atoms with E-state index in [0.29, 0.717) is 19.0 Å². The summed E-state index contributed by atoms with van der Waals surface area (Å²) in [7, 11) is 0. The van der Waals surface area contributed by atoms with Crippen LogP contribution in [-0.4, -0.2) is 55.5 Å². The average Bonchev–Trinajstić information content (AvgIpc) is 3.34. The quantitative estimate of drug-likeness (QED) is 0.590. The van der Waals surface area contributed by atoms with Gasteiger partial charge in [-0.1, -0.05) is 0 Å². The van der Waals surface area contributed by atoms with Gasteiger partial charge in [0.2, 0.25) is 0 Å². The molecule has 0 radical (unpaired) electrons. The normalized spacial score (nSPS) is 17.9. The number of aromatic amines is 1. The molecule has 144 valence electrons. The third-order valence-corrected chi connectivity index (χ3v) is 5.26. The number of ether oxygens (including phenoxy) is 1. The molecule has 1 aliphatic rings. The van der Waals surface area contributed by atoms with E-state index in [1.54, 1.807) is 6.20 Å². The van der Waals surface area contributed by atoms with E-state index in [1.807, 2.05) is 29.2 Å². The fourth-order valence-electron chi connectivity index (χ4n) is 3.83. The van der Waals surface area contributed by atoms with Gasteiger partial charge in [-0.15, -0.1) is 0 Å². The molecule has 28 heavy (non-hydrogen) atoms. The number of nitrogens with one attached hydrogen (secondary N) is 1. The minimum atomic E-state index is 0.208. The highest BCUT2D eigenvalue weighted by atomic mass is 16.5. The predicted molar refractivity (Wildman–Crippen MR) is 108 cm³/mol. The summed E-state index contributed by atoms with van der Waals surface area (Å²) in [5.74, 6) is 1.61. The molecule has 1 saturated heterocycles. The van der Waals surface area contributed by atoms with Crippen molar-refractivity contribution >= 4 is 27.9 Å². The molecule has 0 aromatic carbocycles. The van der Waals surface area contributed by atoms with Gasteiger partial charge in [0.05, 0.1) is 30.8 Å². The number of pyridine rings is 1. The van der Waals surface area contributed by atoms with Gasteiger partial charge in [-0.3, -0.25) is 0 Å². The Kier molecular flexibility index (Phi) is 4.01. The highest BCUT2D eigenvalue weighted by Gasteiger charge is 2.25. The molecule has 5 heterocycles. The predicted octanol–water partition coefficient (Wildman–Crippen LogP) is 3.18. The summed E-state index contributed by atoms with van der Waals surface area (Å²) in [5.41, 5.74) is 2.65. The number of anilines is 1. The Morgan fingerprint density at radius 1 is 1.21 bits per heavy atom. The molecule has 0 bridgehead atoms. The maximum absolute atomic E-state index is 5.63. The molecule has 4 aromatic rings. The van der Waals surface area contributed by atoms with Crippen LogP contribution in [0.25, 0.3) is 33.5 Å². The monoisotopic (exact) mass is 377 g/mol. The smallest absolute Gasteiger partial charge is 0.164 e. The second kappa shape index (κ2) is 6.56. The van der Waals surface area contributed by atoms with Crippen LogP contribution in [0.4, 0.5) is 5.82 Å². The maximum Gasteiger partial charge on any atom is 0.164 e. The molecule has 1 aliphatic heterocycles. The van der Waals surface area contributed by atoms with Gasteiger partial charge in [-0.25, -0.2) is 19.6 Å². The lowest BCUT2D eigenvalue weighted by atomic mass is 10.1. The molecule has 4 aromatic heterocycles. The first-order valence-corrected chi connectivity index (χ1v) is 9.65. The molecule has 0 spiro atoms. The zero-order valence-corrected chi connectivity index (χ0v) is 16.3. The second-order valence-electron chi connectivity index (χ2n) is 7.51. The molecule has 5 rings (SSSR count). The van der Waals surface area contributed by atoms with Crippen LogP contribution in [0.15, 0.2) is 30.7 Å². The summed E-state index contributed by atoms with van der Waals surface area (Å²) in [6.07, 6.45) is 5.57. The van der Waals surface area contributed by atoms with Gasteiger partial charge in [0.15, 0.2) is 11.5 Å². The Balaban J connectivity index is 1.78. The van der Waals surface area contributed by atoms with Gasteiger partial charge in [-0.05, 0) is 32.9 Å². The lowest BCUT2D eigenvalue weighted by Crippen LogP contribution is -2.44. The van der Waals surface area contributed by atoms with Crippen LogP contribution >= 0.6 is 0 Å². The highest BCUT2D eigenvalue weighted by Crippen LogP contribution is 2.32. The fourth-order valence-corrected chi connectivity index (χ4v) is 3.83. The Bertz CT molecular complexity index is 1150. The first kappa shape index (κ1) is 17.1. The highest BCUT2D eigenvalue weighted by molar-refractivity contribution is 5.94.